The molecular weight excluding hydrogens is 233 g/mol. The van der Waals surface area contributed by atoms with Gasteiger partial charge < -0.3 is 4.90 Å². The normalized spacial score (nSPS) is 11.6. The van der Waals surface area contributed by atoms with Crippen LogP contribution in [0.4, 0.5) is 5.82 Å². The third-order valence-corrected chi connectivity index (χ3v) is 3.20. The van der Waals surface area contributed by atoms with Crippen LogP contribution in [-0.4, -0.2) is 30.2 Å². The van der Waals surface area contributed by atoms with Gasteiger partial charge in [0.25, 0.3) is 0 Å². The molecule has 3 nitrogen and oxygen atoms in total. The summed E-state index contributed by atoms with van der Waals surface area (Å²) in [4.78, 5) is 1.89. The number of rotatable bonds is 3. The molecule has 5 heteroatoms. The first-order valence-electron chi connectivity index (χ1n) is 4.65. The van der Waals surface area contributed by atoms with Gasteiger partial charge in [-0.2, -0.15) is 0 Å². The average molecular weight is 248 g/mol. The van der Waals surface area contributed by atoms with Gasteiger partial charge in [-0.3, -0.25) is 0 Å². The number of halogens is 2. The average Bonchev–Trinajstić information content (AvgIpc) is 2.17. The second-order valence-corrected chi connectivity index (χ2v) is 4.94. The maximum atomic E-state index is 6.01. The van der Waals surface area contributed by atoms with E-state index in [4.69, 9.17) is 23.2 Å². The van der Waals surface area contributed by atoms with Gasteiger partial charge in [0.2, 0.25) is 0 Å². The van der Waals surface area contributed by atoms with E-state index in [9.17, 15) is 0 Å². The second-order valence-electron chi connectivity index (χ2n) is 4.32. The van der Waals surface area contributed by atoms with Crippen LogP contribution < -0.4 is 4.90 Å². The maximum Gasteiger partial charge on any atom is 0.155 e. The minimum atomic E-state index is -0.195. The summed E-state index contributed by atoms with van der Waals surface area (Å²) >= 11 is 11.9. The van der Waals surface area contributed by atoms with Crippen LogP contribution in [0.2, 0.25) is 5.15 Å². The van der Waals surface area contributed by atoms with E-state index in [1.165, 1.54) is 0 Å². The highest BCUT2D eigenvalue weighted by Gasteiger charge is 2.24. The molecule has 1 aromatic rings. The molecule has 0 N–H and O–H groups in total. The lowest BCUT2D eigenvalue weighted by atomic mass is 9.88. The van der Waals surface area contributed by atoms with Crippen molar-refractivity contribution in [3.8, 4) is 0 Å². The number of anilines is 1. The molecule has 0 aromatic carbocycles. The molecule has 0 atom stereocenters. The van der Waals surface area contributed by atoms with E-state index in [1.54, 1.807) is 0 Å². The zero-order valence-electron chi connectivity index (χ0n) is 9.38. The predicted molar refractivity (Wildman–Crippen MR) is 65.1 cm³/mol. The van der Waals surface area contributed by atoms with Crippen LogP contribution in [0.5, 0.6) is 0 Å². The molecule has 1 aromatic heterocycles. The Kier molecular flexibility index (Phi) is 3.79. The van der Waals surface area contributed by atoms with Crippen molar-refractivity contribution in [2.45, 2.75) is 19.3 Å². The van der Waals surface area contributed by atoms with Gasteiger partial charge in [0, 0.05) is 31.0 Å². The molecule has 15 heavy (non-hydrogen) atoms. The minimum Gasteiger partial charge on any atom is -0.361 e. The second kappa shape index (κ2) is 4.54. The summed E-state index contributed by atoms with van der Waals surface area (Å²) in [5.74, 6) is 1.28. The van der Waals surface area contributed by atoms with Crippen molar-refractivity contribution >= 4 is 29.0 Å². The Bertz CT molecular complexity index is 351. The Morgan fingerprint density at radius 3 is 2.40 bits per heavy atom. The van der Waals surface area contributed by atoms with Crippen LogP contribution >= 0.6 is 23.2 Å². The van der Waals surface area contributed by atoms with E-state index >= 15 is 0 Å². The largest absolute Gasteiger partial charge is 0.361 e. The topological polar surface area (TPSA) is 29.0 Å². The Balaban J connectivity index is 3.22. The molecule has 0 bridgehead atoms. The Labute approximate surface area is 100 Å². The molecule has 0 aliphatic heterocycles. The Morgan fingerprint density at radius 2 is 1.93 bits per heavy atom. The van der Waals surface area contributed by atoms with Crippen molar-refractivity contribution in [3.63, 3.8) is 0 Å². The van der Waals surface area contributed by atoms with Crippen LogP contribution in [0.3, 0.4) is 0 Å². The van der Waals surface area contributed by atoms with E-state index in [0.29, 0.717) is 11.0 Å². The zero-order valence-corrected chi connectivity index (χ0v) is 10.9. The molecule has 1 heterocycles. The molecule has 0 amide bonds. The summed E-state index contributed by atoms with van der Waals surface area (Å²) < 4.78 is 0. The fourth-order valence-electron chi connectivity index (χ4n) is 1.13. The van der Waals surface area contributed by atoms with Gasteiger partial charge in [-0.05, 0) is 6.07 Å². The highest BCUT2D eigenvalue weighted by Crippen LogP contribution is 2.30. The first-order chi connectivity index (χ1) is 6.88. The molecule has 0 spiro atoms. The highest BCUT2D eigenvalue weighted by molar-refractivity contribution is 6.30. The fourth-order valence-corrected chi connectivity index (χ4v) is 1.62. The van der Waals surface area contributed by atoms with E-state index < -0.39 is 0 Å². The summed E-state index contributed by atoms with van der Waals surface area (Å²) in [6.07, 6.45) is 0. The molecule has 0 saturated heterocycles. The van der Waals surface area contributed by atoms with Gasteiger partial charge in [0.15, 0.2) is 11.0 Å². The SMILES string of the molecule is CN(C)c1cc(C(C)(C)CCl)c(Cl)nn1. The highest BCUT2D eigenvalue weighted by atomic mass is 35.5. The number of hydrogen-bond acceptors (Lipinski definition) is 3. The van der Waals surface area contributed by atoms with Crippen molar-refractivity contribution in [1.29, 1.82) is 0 Å². The molecule has 0 fully saturated rings. The number of alkyl halides is 1. The summed E-state index contributed by atoms with van der Waals surface area (Å²) in [7, 11) is 3.82. The summed E-state index contributed by atoms with van der Waals surface area (Å²) in [5.41, 5.74) is 0.733. The molecule has 0 saturated carbocycles. The molecule has 0 radical (unpaired) electrons. The van der Waals surface area contributed by atoms with Crippen molar-refractivity contribution in [1.82, 2.24) is 10.2 Å². The van der Waals surface area contributed by atoms with Gasteiger partial charge >= 0.3 is 0 Å². The summed E-state index contributed by atoms with van der Waals surface area (Å²) in [5, 5.41) is 8.34. The van der Waals surface area contributed by atoms with Crippen LogP contribution in [0, 0.1) is 0 Å². The smallest absolute Gasteiger partial charge is 0.155 e. The van der Waals surface area contributed by atoms with Crippen molar-refractivity contribution < 1.29 is 0 Å². The lowest BCUT2D eigenvalue weighted by molar-refractivity contribution is 0.592. The van der Waals surface area contributed by atoms with Crippen LogP contribution in [0.1, 0.15) is 19.4 Å². The quantitative estimate of drug-likeness (QED) is 0.770. The molecular formula is C10H15Cl2N3. The predicted octanol–water partition coefficient (Wildman–Crippen LogP) is 2.71. The standard InChI is InChI=1S/C10H15Cl2N3/c1-10(2,6-11)7-5-8(15(3)4)13-14-9(7)12/h5H,6H2,1-4H3. The van der Waals surface area contributed by atoms with Crippen molar-refractivity contribution in [3.05, 3.63) is 16.8 Å². The van der Waals surface area contributed by atoms with E-state index in [1.807, 2.05) is 38.9 Å². The third-order valence-electron chi connectivity index (χ3n) is 2.26. The number of aromatic nitrogens is 2. The maximum absolute atomic E-state index is 6.01. The van der Waals surface area contributed by atoms with Crippen molar-refractivity contribution in [2.24, 2.45) is 0 Å². The lowest BCUT2D eigenvalue weighted by Crippen LogP contribution is -2.22. The molecule has 0 aliphatic rings. The number of nitrogens with zero attached hydrogens (tertiary/aromatic N) is 3. The monoisotopic (exact) mass is 247 g/mol. The van der Waals surface area contributed by atoms with Gasteiger partial charge in [0.1, 0.15) is 0 Å². The van der Waals surface area contributed by atoms with E-state index in [0.717, 1.165) is 11.4 Å². The fraction of sp³-hybridized carbons (Fsp3) is 0.600. The lowest BCUT2D eigenvalue weighted by Gasteiger charge is -2.23. The van der Waals surface area contributed by atoms with Gasteiger partial charge in [0.05, 0.1) is 0 Å². The Morgan fingerprint density at radius 1 is 1.33 bits per heavy atom. The van der Waals surface area contributed by atoms with Crippen molar-refractivity contribution in [2.75, 3.05) is 24.9 Å². The zero-order chi connectivity index (χ0) is 11.6. The van der Waals surface area contributed by atoms with E-state index in [-0.39, 0.29) is 5.41 Å². The number of hydrogen-bond donors (Lipinski definition) is 0. The first-order valence-corrected chi connectivity index (χ1v) is 5.56. The van der Waals surface area contributed by atoms with Crippen LogP contribution in [0.25, 0.3) is 0 Å². The third kappa shape index (κ3) is 2.73. The van der Waals surface area contributed by atoms with Gasteiger partial charge in [-0.25, -0.2) is 0 Å². The molecule has 0 unspecified atom stereocenters. The summed E-state index contributed by atoms with van der Waals surface area (Å²) in [6, 6.07) is 1.93. The van der Waals surface area contributed by atoms with Gasteiger partial charge in [-0.15, -0.1) is 21.8 Å². The van der Waals surface area contributed by atoms with Crippen LogP contribution in [0.15, 0.2) is 6.07 Å². The van der Waals surface area contributed by atoms with E-state index in [2.05, 4.69) is 10.2 Å². The molecule has 0 aliphatic carbocycles. The molecule has 84 valence electrons. The first kappa shape index (κ1) is 12.5. The molecule has 1 rings (SSSR count). The Hall–Kier alpha value is -0.540. The van der Waals surface area contributed by atoms with Gasteiger partial charge in [-0.1, -0.05) is 25.4 Å². The minimum absolute atomic E-state index is 0.195. The van der Waals surface area contributed by atoms with Crippen LogP contribution in [-0.2, 0) is 5.41 Å². The summed E-state index contributed by atoms with van der Waals surface area (Å²) in [6.45, 7) is 4.06.